The van der Waals surface area contributed by atoms with Gasteiger partial charge < -0.3 is 14.4 Å². The van der Waals surface area contributed by atoms with Crippen LogP contribution in [0.2, 0.25) is 0 Å². The van der Waals surface area contributed by atoms with Crippen molar-refractivity contribution >= 4 is 17.8 Å². The lowest BCUT2D eigenvalue weighted by Crippen LogP contribution is -2.56. The Balaban J connectivity index is 1.45. The highest BCUT2D eigenvalue weighted by atomic mass is 16.5. The molecule has 0 spiro atoms. The van der Waals surface area contributed by atoms with Gasteiger partial charge in [0.1, 0.15) is 18.7 Å². The third-order valence-corrected chi connectivity index (χ3v) is 7.80. The lowest BCUT2D eigenvalue weighted by atomic mass is 9.84. The molecule has 1 heterocycles. The fourth-order valence-corrected chi connectivity index (χ4v) is 5.88. The number of hydrogen-bond acceptors (Lipinski definition) is 6. The number of benzene rings is 2. The van der Waals surface area contributed by atoms with Crippen molar-refractivity contribution in [2.75, 3.05) is 6.61 Å². The maximum absolute atomic E-state index is 13.9. The first-order valence-corrected chi connectivity index (χ1v) is 14.0. The highest BCUT2D eigenvalue weighted by Crippen LogP contribution is 2.40. The van der Waals surface area contributed by atoms with E-state index in [1.807, 2.05) is 60.7 Å². The number of nitrogens with one attached hydrogen (secondary N) is 1. The number of likely N-dealkylation sites (tertiary alicyclic amines) is 1. The molecular formula is C31H40N2O5. The molecular weight excluding hydrogens is 480 g/mol. The van der Waals surface area contributed by atoms with Crippen LogP contribution in [-0.4, -0.2) is 53.5 Å². The number of ether oxygens (including phenoxy) is 2. The molecule has 1 saturated carbocycles. The number of aryl methyl sites for hydroxylation is 1. The van der Waals surface area contributed by atoms with E-state index >= 15 is 0 Å². The SMILES string of the molecule is CCOC(=O)[C@H](CCc1ccccc1)N[C@@H](C)C(=O)N1[C@H](C(=O)OCc2ccccc2)C[C@@H]2CCCC[C@@H]21. The normalized spacial score (nSPS) is 22.3. The van der Waals surface area contributed by atoms with Gasteiger partial charge in [-0.05, 0) is 63.0 Å². The third-order valence-electron chi connectivity index (χ3n) is 7.80. The van der Waals surface area contributed by atoms with Gasteiger partial charge in [-0.2, -0.15) is 0 Å². The zero-order chi connectivity index (χ0) is 26.9. The van der Waals surface area contributed by atoms with Gasteiger partial charge in [-0.3, -0.25) is 14.9 Å². The van der Waals surface area contributed by atoms with Gasteiger partial charge in [-0.25, -0.2) is 4.79 Å². The van der Waals surface area contributed by atoms with Gasteiger partial charge in [0.2, 0.25) is 5.91 Å². The first-order chi connectivity index (χ1) is 18.5. The minimum Gasteiger partial charge on any atom is -0.465 e. The lowest BCUT2D eigenvalue weighted by molar-refractivity contribution is -0.157. The monoisotopic (exact) mass is 520 g/mol. The Labute approximate surface area is 225 Å². The Kier molecular flexibility index (Phi) is 9.93. The van der Waals surface area contributed by atoms with E-state index in [1.165, 1.54) is 0 Å². The predicted molar refractivity (Wildman–Crippen MR) is 145 cm³/mol. The summed E-state index contributed by atoms with van der Waals surface area (Å²) in [6, 6.07) is 17.7. The van der Waals surface area contributed by atoms with E-state index in [1.54, 1.807) is 18.7 Å². The summed E-state index contributed by atoms with van der Waals surface area (Å²) in [4.78, 5) is 41.7. The topological polar surface area (TPSA) is 84.9 Å². The average molecular weight is 521 g/mol. The molecule has 4 rings (SSSR count). The van der Waals surface area contributed by atoms with Gasteiger partial charge in [0.05, 0.1) is 12.6 Å². The van der Waals surface area contributed by atoms with Crippen LogP contribution in [0, 0.1) is 5.92 Å². The molecule has 7 heteroatoms. The van der Waals surface area contributed by atoms with Gasteiger partial charge in [-0.15, -0.1) is 0 Å². The minimum atomic E-state index is -0.648. The molecule has 5 atom stereocenters. The highest BCUT2D eigenvalue weighted by molar-refractivity contribution is 5.89. The van der Waals surface area contributed by atoms with E-state index in [0.717, 1.165) is 36.8 Å². The van der Waals surface area contributed by atoms with Crippen LogP contribution in [0.25, 0.3) is 0 Å². The molecule has 2 aliphatic rings. The first kappa shape index (κ1) is 27.8. The van der Waals surface area contributed by atoms with Crippen LogP contribution in [0.1, 0.15) is 63.5 Å². The molecule has 1 amide bonds. The molecule has 0 unspecified atom stereocenters. The van der Waals surface area contributed by atoms with Crippen molar-refractivity contribution < 1.29 is 23.9 Å². The summed E-state index contributed by atoms with van der Waals surface area (Å²) in [6.45, 7) is 4.01. The average Bonchev–Trinajstić information content (AvgIpc) is 3.34. The number of nitrogens with zero attached hydrogens (tertiary/aromatic N) is 1. The molecule has 0 bridgehead atoms. The zero-order valence-electron chi connectivity index (χ0n) is 22.5. The second-order valence-electron chi connectivity index (χ2n) is 10.4. The van der Waals surface area contributed by atoms with Crippen molar-refractivity contribution in [3.63, 3.8) is 0 Å². The number of amides is 1. The predicted octanol–water partition coefficient (Wildman–Crippen LogP) is 4.43. The molecule has 7 nitrogen and oxygen atoms in total. The molecule has 1 aliphatic heterocycles. The van der Waals surface area contributed by atoms with Crippen molar-refractivity contribution in [1.82, 2.24) is 10.2 Å². The summed E-state index contributed by atoms with van der Waals surface area (Å²) in [6.07, 6.45) is 5.89. The van der Waals surface area contributed by atoms with Crippen molar-refractivity contribution in [3.05, 3.63) is 71.8 Å². The van der Waals surface area contributed by atoms with E-state index in [4.69, 9.17) is 9.47 Å². The maximum Gasteiger partial charge on any atom is 0.329 e. The second kappa shape index (κ2) is 13.6. The van der Waals surface area contributed by atoms with Crippen molar-refractivity contribution in [1.29, 1.82) is 0 Å². The zero-order valence-corrected chi connectivity index (χ0v) is 22.5. The quantitative estimate of drug-likeness (QED) is 0.441. The molecule has 0 aromatic heterocycles. The standard InChI is InChI=1S/C31H40N2O5/c1-3-37-30(35)26(19-18-23-12-6-4-7-13-23)32-22(2)29(34)33-27-17-11-10-16-25(27)20-28(33)31(36)38-21-24-14-8-5-9-15-24/h4-9,12-15,22,25-28,32H,3,10-11,16-21H2,1-2H3/t22-,25-,26-,27-,28-/m0/s1. The van der Waals surface area contributed by atoms with Crippen LogP contribution in [-0.2, 0) is 36.9 Å². The minimum absolute atomic E-state index is 0.0279. The number of carbonyl (C=O) groups is 3. The summed E-state index contributed by atoms with van der Waals surface area (Å²) in [7, 11) is 0. The number of esters is 2. The fourth-order valence-electron chi connectivity index (χ4n) is 5.88. The Hall–Kier alpha value is -3.19. The van der Waals surface area contributed by atoms with Crippen LogP contribution < -0.4 is 5.32 Å². The number of hydrogen-bond donors (Lipinski definition) is 1. The highest BCUT2D eigenvalue weighted by Gasteiger charge is 2.49. The summed E-state index contributed by atoms with van der Waals surface area (Å²) >= 11 is 0. The molecule has 0 radical (unpaired) electrons. The van der Waals surface area contributed by atoms with Crippen LogP contribution in [0.3, 0.4) is 0 Å². The summed E-state index contributed by atoms with van der Waals surface area (Å²) in [5.74, 6) is -0.572. The van der Waals surface area contributed by atoms with Crippen LogP contribution in [0.4, 0.5) is 0 Å². The van der Waals surface area contributed by atoms with Gasteiger partial charge in [0.25, 0.3) is 0 Å². The molecule has 2 aromatic rings. The summed E-state index contributed by atoms with van der Waals surface area (Å²) < 4.78 is 11.0. The van der Waals surface area contributed by atoms with E-state index < -0.39 is 18.1 Å². The molecule has 2 aromatic carbocycles. The maximum atomic E-state index is 13.9. The smallest absolute Gasteiger partial charge is 0.329 e. The van der Waals surface area contributed by atoms with Crippen LogP contribution in [0.15, 0.2) is 60.7 Å². The molecule has 2 fully saturated rings. The molecule has 1 N–H and O–H groups in total. The molecule has 204 valence electrons. The molecule has 1 aliphatic carbocycles. The number of rotatable bonds is 11. The van der Waals surface area contributed by atoms with Crippen molar-refractivity contribution in [2.24, 2.45) is 5.92 Å². The van der Waals surface area contributed by atoms with Crippen LogP contribution in [0.5, 0.6) is 0 Å². The van der Waals surface area contributed by atoms with Gasteiger partial charge >= 0.3 is 11.9 Å². The van der Waals surface area contributed by atoms with Crippen LogP contribution >= 0.6 is 0 Å². The van der Waals surface area contributed by atoms with E-state index in [2.05, 4.69) is 5.32 Å². The Morgan fingerprint density at radius 3 is 2.29 bits per heavy atom. The van der Waals surface area contributed by atoms with E-state index in [-0.39, 0.29) is 37.1 Å². The van der Waals surface area contributed by atoms with Gasteiger partial charge in [-0.1, -0.05) is 73.5 Å². The van der Waals surface area contributed by atoms with Crippen molar-refractivity contribution in [2.45, 2.75) is 89.6 Å². The van der Waals surface area contributed by atoms with Crippen molar-refractivity contribution in [3.8, 4) is 0 Å². The Morgan fingerprint density at radius 2 is 1.61 bits per heavy atom. The second-order valence-corrected chi connectivity index (χ2v) is 10.4. The lowest BCUT2D eigenvalue weighted by Gasteiger charge is -2.35. The van der Waals surface area contributed by atoms with Gasteiger partial charge in [0.15, 0.2) is 0 Å². The first-order valence-electron chi connectivity index (χ1n) is 14.0. The molecule has 1 saturated heterocycles. The summed E-state index contributed by atoms with van der Waals surface area (Å²) in [5.41, 5.74) is 2.04. The molecule has 38 heavy (non-hydrogen) atoms. The largest absolute Gasteiger partial charge is 0.465 e. The Morgan fingerprint density at radius 1 is 0.947 bits per heavy atom. The number of carbonyl (C=O) groups excluding carboxylic acids is 3. The van der Waals surface area contributed by atoms with E-state index in [0.29, 0.717) is 25.2 Å². The van der Waals surface area contributed by atoms with E-state index in [9.17, 15) is 14.4 Å². The fraction of sp³-hybridized carbons (Fsp3) is 0.516. The summed E-state index contributed by atoms with van der Waals surface area (Å²) in [5, 5.41) is 3.24. The number of fused-ring (bicyclic) bond motifs is 1. The van der Waals surface area contributed by atoms with Gasteiger partial charge in [0, 0.05) is 6.04 Å². The third kappa shape index (κ3) is 7.01. The Bertz CT molecular complexity index is 1060.